The third-order valence-electron chi connectivity index (χ3n) is 2.99. The highest BCUT2D eigenvalue weighted by molar-refractivity contribution is 5.99. The monoisotopic (exact) mass is 247 g/mol. The number of ketones is 1. The molecule has 0 spiro atoms. The van der Waals surface area contributed by atoms with Crippen LogP contribution in [0, 0.1) is 0 Å². The fraction of sp³-hybridized carbons (Fsp3) is 0.429. The van der Waals surface area contributed by atoms with E-state index in [9.17, 15) is 9.59 Å². The van der Waals surface area contributed by atoms with Gasteiger partial charge in [-0.05, 0) is 31.5 Å². The summed E-state index contributed by atoms with van der Waals surface area (Å²) in [6, 6.07) is 5.23. The number of hydrogen-bond acceptors (Lipinski definition) is 3. The molecule has 0 unspecified atom stereocenters. The number of hydrogen-bond donors (Lipinski definition) is 0. The lowest BCUT2D eigenvalue weighted by molar-refractivity contribution is -0.118. The SMILES string of the molecule is CCCC(=O)N1CCOc2ccc(C(C)=O)cc21. The lowest BCUT2D eigenvalue weighted by Crippen LogP contribution is -2.37. The molecule has 1 amide bonds. The number of rotatable bonds is 3. The zero-order chi connectivity index (χ0) is 13.1. The molecular formula is C14H17NO3. The Morgan fingerprint density at radius 1 is 1.39 bits per heavy atom. The predicted octanol–water partition coefficient (Wildman–Crippen LogP) is 2.41. The molecule has 1 aromatic carbocycles. The van der Waals surface area contributed by atoms with Gasteiger partial charge < -0.3 is 9.64 Å². The molecule has 1 aromatic rings. The van der Waals surface area contributed by atoms with Crippen LogP contribution < -0.4 is 9.64 Å². The fourth-order valence-electron chi connectivity index (χ4n) is 2.04. The molecule has 0 aliphatic carbocycles. The highest BCUT2D eigenvalue weighted by Crippen LogP contribution is 2.33. The first-order valence-electron chi connectivity index (χ1n) is 6.21. The average molecular weight is 247 g/mol. The standard InChI is InChI=1S/C14H17NO3/c1-3-4-14(17)15-7-8-18-13-6-5-11(10(2)16)9-12(13)15/h5-6,9H,3-4,7-8H2,1-2H3. The minimum Gasteiger partial charge on any atom is -0.490 e. The summed E-state index contributed by atoms with van der Waals surface area (Å²) in [5, 5.41) is 0. The van der Waals surface area contributed by atoms with Crippen molar-refractivity contribution in [1.29, 1.82) is 0 Å². The first-order valence-corrected chi connectivity index (χ1v) is 6.21. The molecule has 4 heteroatoms. The molecule has 1 aliphatic rings. The zero-order valence-electron chi connectivity index (χ0n) is 10.7. The number of nitrogens with zero attached hydrogens (tertiary/aromatic N) is 1. The van der Waals surface area contributed by atoms with E-state index in [1.807, 2.05) is 6.92 Å². The van der Waals surface area contributed by atoms with E-state index >= 15 is 0 Å². The maximum absolute atomic E-state index is 12.0. The van der Waals surface area contributed by atoms with Crippen LogP contribution in [0.25, 0.3) is 0 Å². The van der Waals surface area contributed by atoms with Crippen molar-refractivity contribution in [3.05, 3.63) is 23.8 Å². The molecule has 0 saturated carbocycles. The van der Waals surface area contributed by atoms with Gasteiger partial charge in [0.15, 0.2) is 5.78 Å². The fourth-order valence-corrected chi connectivity index (χ4v) is 2.04. The van der Waals surface area contributed by atoms with Crippen LogP contribution in [0.15, 0.2) is 18.2 Å². The highest BCUT2D eigenvalue weighted by Gasteiger charge is 2.23. The van der Waals surface area contributed by atoms with Crippen LogP contribution in [0.1, 0.15) is 37.0 Å². The molecule has 0 N–H and O–H groups in total. The van der Waals surface area contributed by atoms with Crippen LogP contribution in [-0.2, 0) is 4.79 Å². The molecule has 0 fully saturated rings. The lowest BCUT2D eigenvalue weighted by Gasteiger charge is -2.29. The second-order valence-corrected chi connectivity index (χ2v) is 4.38. The Balaban J connectivity index is 2.37. The van der Waals surface area contributed by atoms with Crippen LogP contribution in [0.5, 0.6) is 5.75 Å². The van der Waals surface area contributed by atoms with E-state index in [-0.39, 0.29) is 11.7 Å². The minimum absolute atomic E-state index is 0.00809. The summed E-state index contributed by atoms with van der Waals surface area (Å²) in [6.07, 6.45) is 1.33. The van der Waals surface area contributed by atoms with Gasteiger partial charge in [-0.25, -0.2) is 0 Å². The van der Waals surface area contributed by atoms with Crippen LogP contribution in [0.4, 0.5) is 5.69 Å². The molecule has 0 atom stereocenters. The van der Waals surface area contributed by atoms with E-state index in [0.29, 0.717) is 36.6 Å². The summed E-state index contributed by atoms with van der Waals surface area (Å²) >= 11 is 0. The summed E-state index contributed by atoms with van der Waals surface area (Å²) < 4.78 is 5.51. The van der Waals surface area contributed by atoms with Gasteiger partial charge in [0.1, 0.15) is 12.4 Å². The molecule has 2 rings (SSSR count). The summed E-state index contributed by atoms with van der Waals surface area (Å²) in [4.78, 5) is 25.1. The number of fused-ring (bicyclic) bond motifs is 1. The molecule has 4 nitrogen and oxygen atoms in total. The Morgan fingerprint density at radius 3 is 2.83 bits per heavy atom. The van der Waals surface area contributed by atoms with Gasteiger partial charge in [-0.1, -0.05) is 6.92 Å². The number of ether oxygens (including phenoxy) is 1. The Kier molecular flexibility index (Phi) is 3.65. The molecule has 1 heterocycles. The normalized spacial score (nSPS) is 13.8. The molecule has 0 saturated heterocycles. The van der Waals surface area contributed by atoms with Crippen LogP contribution in [-0.4, -0.2) is 24.8 Å². The van der Waals surface area contributed by atoms with Crippen molar-refractivity contribution in [2.75, 3.05) is 18.1 Å². The van der Waals surface area contributed by atoms with Gasteiger partial charge >= 0.3 is 0 Å². The molecule has 96 valence electrons. The second kappa shape index (κ2) is 5.21. The first-order chi connectivity index (χ1) is 8.63. The average Bonchev–Trinajstić information content (AvgIpc) is 2.37. The van der Waals surface area contributed by atoms with Crippen molar-refractivity contribution in [2.45, 2.75) is 26.7 Å². The molecule has 18 heavy (non-hydrogen) atoms. The topological polar surface area (TPSA) is 46.6 Å². The van der Waals surface area contributed by atoms with Crippen LogP contribution >= 0.6 is 0 Å². The molecule has 1 aliphatic heterocycles. The van der Waals surface area contributed by atoms with Crippen molar-refractivity contribution in [3.63, 3.8) is 0 Å². The number of amides is 1. The predicted molar refractivity (Wildman–Crippen MR) is 69.2 cm³/mol. The molecule has 0 radical (unpaired) electrons. The summed E-state index contributed by atoms with van der Waals surface area (Å²) in [5.74, 6) is 0.754. The van der Waals surface area contributed by atoms with Crippen LogP contribution in [0.3, 0.4) is 0 Å². The van der Waals surface area contributed by atoms with Gasteiger partial charge in [0, 0.05) is 12.0 Å². The van der Waals surface area contributed by atoms with Crippen molar-refractivity contribution in [2.24, 2.45) is 0 Å². The number of anilines is 1. The van der Waals surface area contributed by atoms with Crippen molar-refractivity contribution < 1.29 is 14.3 Å². The lowest BCUT2D eigenvalue weighted by atomic mass is 10.1. The van der Waals surface area contributed by atoms with Crippen LogP contribution in [0.2, 0.25) is 0 Å². The van der Waals surface area contributed by atoms with Crippen molar-refractivity contribution in [3.8, 4) is 5.75 Å². The smallest absolute Gasteiger partial charge is 0.227 e. The number of carbonyl (C=O) groups is 2. The van der Waals surface area contributed by atoms with Crippen molar-refractivity contribution in [1.82, 2.24) is 0 Å². The van der Waals surface area contributed by atoms with Crippen molar-refractivity contribution >= 4 is 17.4 Å². The van der Waals surface area contributed by atoms with E-state index in [2.05, 4.69) is 0 Å². The first kappa shape index (κ1) is 12.6. The molecule has 0 bridgehead atoms. The Hall–Kier alpha value is -1.84. The van der Waals surface area contributed by atoms with E-state index in [1.165, 1.54) is 6.92 Å². The highest BCUT2D eigenvalue weighted by atomic mass is 16.5. The number of benzene rings is 1. The van der Waals surface area contributed by atoms with E-state index in [0.717, 1.165) is 6.42 Å². The Bertz CT molecular complexity index is 482. The largest absolute Gasteiger partial charge is 0.490 e. The summed E-state index contributed by atoms with van der Waals surface area (Å²) in [7, 11) is 0. The van der Waals surface area contributed by atoms with Gasteiger partial charge in [0.05, 0.1) is 12.2 Å². The Morgan fingerprint density at radius 2 is 2.17 bits per heavy atom. The van der Waals surface area contributed by atoms with Gasteiger partial charge in [0.2, 0.25) is 5.91 Å². The quantitative estimate of drug-likeness (QED) is 0.770. The molecule has 0 aromatic heterocycles. The minimum atomic E-state index is -0.00809. The van der Waals surface area contributed by atoms with E-state index in [4.69, 9.17) is 4.74 Å². The second-order valence-electron chi connectivity index (χ2n) is 4.38. The zero-order valence-corrected chi connectivity index (χ0v) is 10.7. The Labute approximate surface area is 107 Å². The summed E-state index contributed by atoms with van der Waals surface area (Å²) in [5.41, 5.74) is 1.32. The molecular weight excluding hydrogens is 230 g/mol. The van der Waals surface area contributed by atoms with Gasteiger partial charge in [-0.2, -0.15) is 0 Å². The third-order valence-corrected chi connectivity index (χ3v) is 2.99. The van der Waals surface area contributed by atoms with Gasteiger partial charge in [0.25, 0.3) is 0 Å². The van der Waals surface area contributed by atoms with Gasteiger partial charge in [-0.3, -0.25) is 9.59 Å². The van der Waals surface area contributed by atoms with E-state index < -0.39 is 0 Å². The maximum atomic E-state index is 12.0. The number of Topliss-reactive ketones (excluding diaryl/α,β-unsaturated/α-hetero) is 1. The summed E-state index contributed by atoms with van der Waals surface area (Å²) in [6.45, 7) is 4.55. The maximum Gasteiger partial charge on any atom is 0.227 e. The van der Waals surface area contributed by atoms with Gasteiger partial charge in [-0.15, -0.1) is 0 Å². The van der Waals surface area contributed by atoms with E-state index in [1.54, 1.807) is 23.1 Å². The number of carbonyl (C=O) groups excluding carboxylic acids is 2. The third kappa shape index (κ3) is 2.37.